The summed E-state index contributed by atoms with van der Waals surface area (Å²) in [5.41, 5.74) is 3.02. The van der Waals surface area contributed by atoms with Crippen molar-refractivity contribution in [2.75, 3.05) is 10.6 Å². The molecule has 0 spiro atoms. The first-order valence-corrected chi connectivity index (χ1v) is 11.6. The van der Waals surface area contributed by atoms with E-state index in [1.807, 2.05) is 12.1 Å². The molecule has 0 bridgehead atoms. The molecule has 3 rings (SSSR count). The summed E-state index contributed by atoms with van der Waals surface area (Å²) in [6.45, 7) is 8.24. The van der Waals surface area contributed by atoms with Crippen molar-refractivity contribution in [1.29, 1.82) is 0 Å². The molecule has 0 saturated carbocycles. The van der Waals surface area contributed by atoms with Crippen LogP contribution in [0.5, 0.6) is 11.5 Å². The Hall–Kier alpha value is -3.80. The molecule has 0 radical (unpaired) electrons. The summed E-state index contributed by atoms with van der Waals surface area (Å²) in [4.78, 5) is 26.0. The van der Waals surface area contributed by atoms with Gasteiger partial charge in [-0.15, -0.1) is 0 Å². The number of benzene rings is 3. The lowest BCUT2D eigenvalue weighted by molar-refractivity contribution is 0.101. The van der Waals surface area contributed by atoms with Crippen LogP contribution in [-0.2, 0) is 0 Å². The molecule has 0 fully saturated rings. The largest absolute Gasteiger partial charge is 0.507 e. The van der Waals surface area contributed by atoms with Crippen molar-refractivity contribution in [2.45, 2.75) is 52.4 Å². The molecule has 2 unspecified atom stereocenters. The molecular weight excluding hydrogens is 428 g/mol. The Morgan fingerprint density at radius 3 is 1.44 bits per heavy atom. The van der Waals surface area contributed by atoms with Gasteiger partial charge in [0.15, 0.2) is 0 Å². The van der Waals surface area contributed by atoms with Gasteiger partial charge in [0.1, 0.15) is 11.5 Å². The molecule has 3 aromatic rings. The summed E-state index contributed by atoms with van der Waals surface area (Å²) >= 11 is 0. The van der Waals surface area contributed by atoms with Crippen molar-refractivity contribution in [1.82, 2.24) is 0 Å². The van der Waals surface area contributed by atoms with Crippen LogP contribution in [0.1, 0.15) is 84.2 Å². The summed E-state index contributed by atoms with van der Waals surface area (Å²) in [6.07, 6.45) is 1.82. The van der Waals surface area contributed by atoms with Crippen molar-refractivity contribution in [3.63, 3.8) is 0 Å². The van der Waals surface area contributed by atoms with Gasteiger partial charge in [-0.3, -0.25) is 9.59 Å². The number of rotatable bonds is 8. The fraction of sp³-hybridized carbons (Fsp3) is 0.286. The molecule has 0 saturated heterocycles. The highest BCUT2D eigenvalue weighted by Crippen LogP contribution is 2.29. The van der Waals surface area contributed by atoms with E-state index in [1.54, 1.807) is 36.4 Å². The van der Waals surface area contributed by atoms with Crippen LogP contribution in [-0.4, -0.2) is 22.0 Å². The number of carbonyl (C=O) groups is 2. The molecule has 0 aliphatic heterocycles. The zero-order chi connectivity index (χ0) is 24.8. The molecule has 2 amide bonds. The maximum absolute atomic E-state index is 13.0. The van der Waals surface area contributed by atoms with Gasteiger partial charge >= 0.3 is 0 Å². The van der Waals surface area contributed by atoms with Crippen LogP contribution < -0.4 is 10.6 Å². The summed E-state index contributed by atoms with van der Waals surface area (Å²) in [6, 6.07) is 16.9. The Morgan fingerprint density at radius 1 is 0.706 bits per heavy atom. The predicted octanol–water partition coefficient (Wildman–Crippen LogP) is 6.63. The standard InChI is InChI=1S/C28H32N2O4/c1-5-17(3)19-11-13-25(31)21(15-19)27(33)29-23-9-7-8-10-24(23)30-28(34)22-16-20(18(4)6-2)12-14-26(22)32/h7-18,31-32H,5-6H2,1-4H3,(H,29,33)(H,30,34). The van der Waals surface area contributed by atoms with E-state index in [2.05, 4.69) is 38.3 Å². The maximum Gasteiger partial charge on any atom is 0.259 e. The lowest BCUT2D eigenvalue weighted by Crippen LogP contribution is -2.17. The van der Waals surface area contributed by atoms with E-state index in [-0.39, 0.29) is 34.5 Å². The molecule has 0 aromatic heterocycles. The van der Waals surface area contributed by atoms with Crippen molar-refractivity contribution >= 4 is 23.2 Å². The van der Waals surface area contributed by atoms with Crippen LogP contribution >= 0.6 is 0 Å². The number of amides is 2. The van der Waals surface area contributed by atoms with Crippen molar-refractivity contribution < 1.29 is 19.8 Å². The average molecular weight is 461 g/mol. The Bertz CT molecular complexity index is 1100. The summed E-state index contributed by atoms with van der Waals surface area (Å²) < 4.78 is 0. The van der Waals surface area contributed by atoms with Gasteiger partial charge in [-0.25, -0.2) is 0 Å². The average Bonchev–Trinajstić information content (AvgIpc) is 2.84. The number of hydrogen-bond donors (Lipinski definition) is 4. The van der Waals surface area contributed by atoms with Gasteiger partial charge in [-0.05, 0) is 72.2 Å². The second kappa shape index (κ2) is 10.9. The normalized spacial score (nSPS) is 12.6. The van der Waals surface area contributed by atoms with Crippen LogP contribution in [0.4, 0.5) is 11.4 Å². The fourth-order valence-electron chi connectivity index (χ4n) is 3.64. The number of hydrogen-bond acceptors (Lipinski definition) is 4. The molecule has 0 aliphatic rings. The minimum Gasteiger partial charge on any atom is -0.507 e. The topological polar surface area (TPSA) is 98.7 Å². The smallest absolute Gasteiger partial charge is 0.259 e. The molecule has 178 valence electrons. The highest BCUT2D eigenvalue weighted by atomic mass is 16.3. The first kappa shape index (κ1) is 24.8. The predicted molar refractivity (Wildman–Crippen MR) is 136 cm³/mol. The molecule has 2 atom stereocenters. The first-order valence-electron chi connectivity index (χ1n) is 11.6. The quantitative estimate of drug-likeness (QED) is 0.303. The number of carbonyl (C=O) groups excluding carboxylic acids is 2. The molecule has 3 aromatic carbocycles. The van der Waals surface area contributed by atoms with E-state index in [9.17, 15) is 19.8 Å². The van der Waals surface area contributed by atoms with E-state index in [1.165, 1.54) is 12.1 Å². The third-order valence-corrected chi connectivity index (χ3v) is 6.32. The fourth-order valence-corrected chi connectivity index (χ4v) is 3.64. The van der Waals surface area contributed by atoms with E-state index in [4.69, 9.17) is 0 Å². The summed E-state index contributed by atoms with van der Waals surface area (Å²) in [5, 5.41) is 26.1. The lowest BCUT2D eigenvalue weighted by atomic mass is 9.96. The highest BCUT2D eigenvalue weighted by Gasteiger charge is 2.18. The Morgan fingerprint density at radius 2 is 1.09 bits per heavy atom. The van der Waals surface area contributed by atoms with Crippen LogP contribution in [0.15, 0.2) is 60.7 Å². The second-order valence-corrected chi connectivity index (χ2v) is 8.63. The van der Waals surface area contributed by atoms with Crippen molar-refractivity contribution in [3.8, 4) is 11.5 Å². The van der Waals surface area contributed by atoms with Crippen molar-refractivity contribution in [2.24, 2.45) is 0 Å². The van der Waals surface area contributed by atoms with E-state index in [0.717, 1.165) is 24.0 Å². The second-order valence-electron chi connectivity index (χ2n) is 8.63. The van der Waals surface area contributed by atoms with Gasteiger partial charge in [0.05, 0.1) is 22.5 Å². The molecule has 6 nitrogen and oxygen atoms in total. The minimum atomic E-state index is -0.481. The molecule has 0 aliphatic carbocycles. The molecule has 4 N–H and O–H groups in total. The molecular formula is C28H32N2O4. The van der Waals surface area contributed by atoms with Gasteiger partial charge in [0, 0.05) is 0 Å². The highest BCUT2D eigenvalue weighted by molar-refractivity contribution is 6.11. The van der Waals surface area contributed by atoms with Gasteiger partial charge in [0.25, 0.3) is 11.8 Å². The van der Waals surface area contributed by atoms with E-state index < -0.39 is 11.8 Å². The third kappa shape index (κ3) is 5.57. The van der Waals surface area contributed by atoms with Crippen LogP contribution in [0, 0.1) is 0 Å². The zero-order valence-electron chi connectivity index (χ0n) is 20.1. The van der Waals surface area contributed by atoms with Crippen molar-refractivity contribution in [3.05, 3.63) is 82.9 Å². The number of para-hydroxylation sites is 2. The Labute approximate surface area is 200 Å². The van der Waals surface area contributed by atoms with Gasteiger partial charge in [-0.2, -0.15) is 0 Å². The van der Waals surface area contributed by atoms with Crippen LogP contribution in [0.25, 0.3) is 0 Å². The zero-order valence-corrected chi connectivity index (χ0v) is 20.1. The molecule has 0 heterocycles. The number of aromatic hydroxyl groups is 2. The Kier molecular flexibility index (Phi) is 7.95. The SMILES string of the molecule is CCC(C)c1ccc(O)c(C(=O)Nc2ccccc2NC(=O)c2cc(C(C)CC)ccc2O)c1. The number of anilines is 2. The maximum atomic E-state index is 13.0. The van der Waals surface area contributed by atoms with Crippen LogP contribution in [0.2, 0.25) is 0 Å². The number of phenols is 2. The first-order chi connectivity index (χ1) is 16.2. The summed E-state index contributed by atoms with van der Waals surface area (Å²) in [5.74, 6) is -0.692. The number of phenolic OH excluding ortho intramolecular Hbond substituents is 2. The lowest BCUT2D eigenvalue weighted by Gasteiger charge is -2.16. The Balaban J connectivity index is 1.85. The summed E-state index contributed by atoms with van der Waals surface area (Å²) in [7, 11) is 0. The van der Waals surface area contributed by atoms with Crippen LogP contribution in [0.3, 0.4) is 0 Å². The van der Waals surface area contributed by atoms with Gasteiger partial charge < -0.3 is 20.8 Å². The van der Waals surface area contributed by atoms with Gasteiger partial charge in [-0.1, -0.05) is 52.0 Å². The molecule has 34 heavy (non-hydrogen) atoms. The van der Waals surface area contributed by atoms with E-state index in [0.29, 0.717) is 11.4 Å². The van der Waals surface area contributed by atoms with E-state index >= 15 is 0 Å². The van der Waals surface area contributed by atoms with Gasteiger partial charge in [0.2, 0.25) is 0 Å². The third-order valence-electron chi connectivity index (χ3n) is 6.32. The number of nitrogens with one attached hydrogen (secondary N) is 2. The molecule has 6 heteroatoms. The minimum absolute atomic E-state index is 0.113. The monoisotopic (exact) mass is 460 g/mol.